The van der Waals surface area contributed by atoms with Crippen LogP contribution in [-0.2, 0) is 356 Å². The molecule has 0 spiro atoms. The number of hydrogen-bond acceptors (Lipinski definition) is 0. The van der Waals surface area contributed by atoms with Gasteiger partial charge in [-0.05, 0) is 0 Å². The van der Waals surface area contributed by atoms with Crippen molar-refractivity contribution in [2.75, 3.05) is 0 Å². The van der Waals surface area contributed by atoms with Crippen LogP contribution in [0.2, 0.25) is 0 Å². The zero-order valence-electron chi connectivity index (χ0n) is 67.7. The van der Waals surface area contributed by atoms with Crippen molar-refractivity contribution < 1.29 is 356 Å². The summed E-state index contributed by atoms with van der Waals surface area (Å²) < 4.78 is 0. The van der Waals surface area contributed by atoms with Crippen LogP contribution in [-0.4, -0.2) is 1330 Å². The molecule has 0 heterocycles. The molecule has 0 rings (SSSR count). The van der Waals surface area contributed by atoms with E-state index in [4.69, 9.17) is 0 Å². The summed E-state index contributed by atoms with van der Waals surface area (Å²) in [7, 11) is 0. The summed E-state index contributed by atoms with van der Waals surface area (Å²) in [4.78, 5) is 0. The maximum atomic E-state index is 0. The first kappa shape index (κ1) is 2690. The largest absolute Gasteiger partial charge is 3.00 e. The minimum absolute atomic E-state index is 0. The SMILES string of the molecule is [Al+3].[Al+3].[Al+3].[Al+3].[Al+3].[Al+3].[Al+3].[Al+3].[Al+3].[Al+3].[Mg+2].[Mg+2].[Mg+2].[Mg+2].[Mg+2].[Mg+2].[Mg+2].[Mg+2].[Mg+2].[Mg+2].[Mg+2].[Mg+2].[Mg+2].[Mg+2].[Mg+2].[Mg+2].[Mg+2].[Mg+2].[Mg+2].[Mg+2].[Mg+2].[Mg+2].[Mg+2].[Mg+2].[Mg+2].[Mg+2].[Mg+2].[Mg+2].[Mg+2].[Mg+2].[Mg+2].[Mg+2].[Mg+2].[Mg+2].[Mg+2].[Mg+2].[Mg+2].[Mg+2].[Mg+2].[Mg+2].[Mg+2].[Mg+2].[Mg+2].[Mg+2].[Mg+2].[Mg+2].[Mg+2].[Mg+2].[Mg+2].[Mg+2].[O-2].[O-2].[O-2].[O-2].[O-2].[O-2].[O-2].[O-2].[O-2].[O-2].[O-2].[O-2].[O-2].[O-2].[O-2].[O-2].[O-2].[O-2].[O-2].[O-2].[O-2].[O-2].[O-2].[O-2].[O-2].[O-2].[O-2].[O-2].[O-2].[O-2].[O-2].[O-2].[O-2].[O-2].[O-2].[O-2].[O-2].[O-2].[O-2].[O-2].[O-2].[O-2].[O-2].[O-2].[O-2].[O-2].[O-2].[O-2].[O-2].[O-2].[O-2].[O-2].[O-2].[O-2].[O-2].[O-2].[O-2].[O-2].[O-2].[O-2].[O-2].[O-2].[O-2].[O-2].[O-2]. The van der Waals surface area contributed by atoms with E-state index in [0.717, 1.165) is 0 Å². The molecular weight excluding hydrogens is 2530 g/mol. The molecule has 0 aromatic heterocycles. The van der Waals surface area contributed by atoms with Crippen molar-refractivity contribution in [3.8, 4) is 0 Å². The summed E-state index contributed by atoms with van der Waals surface area (Å²) in [5.41, 5.74) is 0. The predicted octanol–water partition coefficient (Wildman–Crippen LogP) is -30.6. The van der Waals surface area contributed by atoms with Crippen molar-refractivity contribution >= 4 is 1330 Å². The monoisotopic (exact) mass is 2510 g/mol. The van der Waals surface area contributed by atoms with Crippen LogP contribution in [0.4, 0.5) is 0 Å². The summed E-state index contributed by atoms with van der Waals surface area (Å²) in [6.45, 7) is 0. The summed E-state index contributed by atoms with van der Waals surface area (Å²) in [6.07, 6.45) is 0. The van der Waals surface area contributed by atoms with Crippen molar-refractivity contribution in [3.63, 3.8) is 0 Å². The zero-order valence-corrected chi connectivity index (χ0v) is 150. The predicted molar refractivity (Wildman–Crippen MR) is 390 cm³/mol. The topological polar surface area (TPSA) is 1850 Å². The number of hydrogen-bond donors (Lipinski definition) is 0. The van der Waals surface area contributed by atoms with Crippen molar-refractivity contribution in [1.29, 1.82) is 0 Å². The molecule has 65 nitrogen and oxygen atoms in total. The van der Waals surface area contributed by atoms with Gasteiger partial charge in [-0.25, -0.2) is 0 Å². The second-order valence-electron chi connectivity index (χ2n) is 0. The Labute approximate surface area is 1640 Å². The van der Waals surface area contributed by atoms with Gasteiger partial charge >= 0.3 is 1330 Å². The first-order valence-corrected chi connectivity index (χ1v) is 0. The van der Waals surface area contributed by atoms with Gasteiger partial charge in [-0.1, -0.05) is 0 Å². The fraction of sp³-hybridized carbons (Fsp3) is 0. The van der Waals surface area contributed by atoms with Gasteiger partial charge in [0, 0.05) is 0 Å². The van der Waals surface area contributed by atoms with Crippen LogP contribution in [0.3, 0.4) is 0 Å². The molecule has 125 heavy (non-hydrogen) atoms. The van der Waals surface area contributed by atoms with Crippen molar-refractivity contribution in [2.24, 2.45) is 0 Å². The Morgan fingerprint density at radius 2 is 0.0240 bits per heavy atom. The van der Waals surface area contributed by atoms with Gasteiger partial charge in [0.25, 0.3) is 0 Å². The Kier molecular flexibility index (Phi) is 56700. The van der Waals surface area contributed by atoms with E-state index in [1.807, 2.05) is 0 Å². The molecule has 0 aromatic rings. The third kappa shape index (κ3) is 2610. The van der Waals surface area contributed by atoms with Gasteiger partial charge in [-0.15, -0.1) is 0 Å². The third-order valence-electron chi connectivity index (χ3n) is 0. The maximum Gasteiger partial charge on any atom is 3.00 e. The Bertz CT molecular complexity index is 164. The van der Waals surface area contributed by atoms with E-state index >= 15 is 0 Å². The van der Waals surface area contributed by atoms with E-state index in [9.17, 15) is 0 Å². The molecule has 0 bridgehead atoms. The first-order chi connectivity index (χ1) is 0. The van der Waals surface area contributed by atoms with Crippen molar-refractivity contribution in [3.05, 3.63) is 0 Å². The molecule has 0 fully saturated rings. The molecule has 0 saturated carbocycles. The van der Waals surface area contributed by atoms with E-state index in [1.165, 1.54) is 0 Å². The quantitative estimate of drug-likeness (QED) is 0.204. The number of rotatable bonds is 0. The molecule has 0 radical (unpaired) electrons. The molecule has 125 heteroatoms. The molecule has 0 atom stereocenters. The van der Waals surface area contributed by atoms with Crippen LogP contribution < -0.4 is 0 Å². The molecule has 0 unspecified atom stereocenters. The second kappa shape index (κ2) is 2640. The Balaban J connectivity index is 0. The smallest absolute Gasteiger partial charge is 2.00 e. The molecule has 0 N–H and O–H groups in total. The summed E-state index contributed by atoms with van der Waals surface area (Å²) in [5.74, 6) is 0. The first-order valence-electron chi connectivity index (χ1n) is 0. The van der Waals surface area contributed by atoms with Gasteiger partial charge in [0.2, 0.25) is 0 Å². The fourth-order valence-electron chi connectivity index (χ4n) is 0. The minimum atomic E-state index is 0. The van der Waals surface area contributed by atoms with E-state index < -0.39 is 0 Å². The normalized spacial score (nSPS) is 0. The molecule has 0 aliphatic rings. The fourth-order valence-corrected chi connectivity index (χ4v) is 0. The van der Waals surface area contributed by atoms with Crippen LogP contribution in [0.5, 0.6) is 0 Å². The van der Waals surface area contributed by atoms with E-state index in [2.05, 4.69) is 0 Å². The van der Waals surface area contributed by atoms with Crippen LogP contribution >= 0.6 is 0 Å². The Morgan fingerprint density at radius 3 is 0.0240 bits per heavy atom. The standard InChI is InChI=1S/10Al.50Mg.65O/q10*+3;50*+2;65*-2. The average molecular weight is 2530 g/mol. The summed E-state index contributed by atoms with van der Waals surface area (Å²) in [5, 5.41) is 0. The molecule has 0 aliphatic carbocycles. The molecule has 0 aliphatic heterocycles. The summed E-state index contributed by atoms with van der Waals surface area (Å²) >= 11 is 0. The second-order valence-corrected chi connectivity index (χ2v) is 0. The van der Waals surface area contributed by atoms with E-state index in [-0.39, 0.29) is 1680 Å². The minimum Gasteiger partial charge on any atom is -2.00 e. The van der Waals surface area contributed by atoms with Crippen LogP contribution in [0.15, 0.2) is 0 Å². The van der Waals surface area contributed by atoms with E-state index in [1.54, 1.807) is 0 Å². The Morgan fingerprint density at radius 1 is 0.0240 bits per heavy atom. The molecule has 0 amide bonds. The van der Waals surface area contributed by atoms with Crippen LogP contribution in [0.25, 0.3) is 0 Å². The van der Waals surface area contributed by atoms with Gasteiger partial charge in [-0.2, -0.15) is 0 Å². The van der Waals surface area contributed by atoms with Crippen molar-refractivity contribution in [2.45, 2.75) is 0 Å². The average Bonchev–Trinajstić information content (AvgIpc) is 0. The molecule has 520 valence electrons. The van der Waals surface area contributed by atoms with Gasteiger partial charge in [0.15, 0.2) is 0 Å². The molecule has 0 aromatic carbocycles. The Hall–Kier alpha value is 41.0. The maximum absolute atomic E-state index is 0. The van der Waals surface area contributed by atoms with Gasteiger partial charge < -0.3 is 356 Å². The van der Waals surface area contributed by atoms with E-state index in [0.29, 0.717) is 0 Å². The third-order valence-corrected chi connectivity index (χ3v) is 0. The van der Waals surface area contributed by atoms with Crippen LogP contribution in [0, 0.1) is 0 Å². The summed E-state index contributed by atoms with van der Waals surface area (Å²) in [6, 6.07) is 0. The van der Waals surface area contributed by atoms with Crippen molar-refractivity contribution in [1.82, 2.24) is 0 Å². The van der Waals surface area contributed by atoms with Gasteiger partial charge in [0.05, 0.1) is 0 Å². The zero-order chi connectivity index (χ0) is 0. The van der Waals surface area contributed by atoms with Gasteiger partial charge in [0.1, 0.15) is 0 Å². The van der Waals surface area contributed by atoms with Crippen LogP contribution in [0.1, 0.15) is 0 Å². The molecule has 0 saturated heterocycles. The molecular formula is Al10Mg50O65. The van der Waals surface area contributed by atoms with Gasteiger partial charge in [-0.3, -0.25) is 0 Å².